The molecule has 1 aliphatic rings. The first-order valence-corrected chi connectivity index (χ1v) is 11.9. The summed E-state index contributed by atoms with van der Waals surface area (Å²) in [5, 5.41) is 3.94. The Kier molecular flexibility index (Phi) is 4.76. The Morgan fingerprint density at radius 1 is 0.903 bits per heavy atom. The summed E-state index contributed by atoms with van der Waals surface area (Å²) in [7, 11) is -2.52. The zero-order valence-electron chi connectivity index (χ0n) is 17.5. The van der Waals surface area contributed by atoms with E-state index in [1.165, 1.54) is 21.7 Å². The maximum Gasteiger partial charge on any atom is 0.268 e. The lowest BCUT2D eigenvalue weighted by Crippen LogP contribution is -2.30. The Morgan fingerprint density at radius 3 is 2.26 bits per heavy atom. The van der Waals surface area contributed by atoms with Gasteiger partial charge in [0.2, 0.25) is 0 Å². The van der Waals surface area contributed by atoms with Crippen molar-refractivity contribution < 1.29 is 17.7 Å². The van der Waals surface area contributed by atoms with Gasteiger partial charge in [0.15, 0.2) is 0 Å². The summed E-state index contributed by atoms with van der Waals surface area (Å²) in [4.78, 5) is 0. The molecule has 4 aromatic rings. The van der Waals surface area contributed by atoms with Gasteiger partial charge in [-0.1, -0.05) is 54.6 Å². The first-order chi connectivity index (χ1) is 14.9. The van der Waals surface area contributed by atoms with Crippen LogP contribution in [0, 0.1) is 6.92 Å². The zero-order valence-corrected chi connectivity index (χ0v) is 18.3. The number of benzene rings is 4. The second-order valence-electron chi connectivity index (χ2n) is 8.38. The van der Waals surface area contributed by atoms with Crippen LogP contribution in [0.3, 0.4) is 0 Å². The van der Waals surface area contributed by atoms with Gasteiger partial charge in [-0.2, -0.15) is 8.42 Å². The van der Waals surface area contributed by atoms with E-state index in [-0.39, 0.29) is 5.92 Å². The summed E-state index contributed by atoms with van der Waals surface area (Å²) in [6.45, 7) is 2.12. The summed E-state index contributed by atoms with van der Waals surface area (Å²) in [5.74, 6) is 0.622. The third kappa shape index (κ3) is 3.38. The Morgan fingerprint density at radius 2 is 1.58 bits per heavy atom. The zero-order chi connectivity index (χ0) is 21.8. The molecule has 2 unspecified atom stereocenters. The molecule has 31 heavy (non-hydrogen) atoms. The van der Waals surface area contributed by atoms with Crippen LogP contribution in [0.15, 0.2) is 66.7 Å². The molecular weight excluding hydrogens is 408 g/mol. The van der Waals surface area contributed by atoms with Gasteiger partial charge < -0.3 is 4.74 Å². The molecule has 0 spiro atoms. The van der Waals surface area contributed by atoms with Gasteiger partial charge in [-0.05, 0) is 75.7 Å². The molecule has 0 aromatic heterocycles. The molecule has 0 radical (unpaired) electrons. The van der Waals surface area contributed by atoms with Crippen molar-refractivity contribution in [2.45, 2.75) is 30.9 Å². The maximum atomic E-state index is 12.1. The molecule has 4 nitrogen and oxygen atoms in total. The molecule has 0 amide bonds. The standard InChI is InChI=1S/C26H24O4S/c1-16-13-25-23(22-6-4-3-5-21(16)22)12-9-18-14-20(31(27,28)29)15-24(26(18)25)17-7-10-19(30-2)11-8-17/h3-13,20,24H,14-15H2,1-2H3,(H,27,28,29). The molecular formula is C26H24O4S. The van der Waals surface area contributed by atoms with Gasteiger partial charge in [-0.15, -0.1) is 0 Å². The number of ether oxygens (including phenoxy) is 1. The van der Waals surface area contributed by atoms with Crippen molar-refractivity contribution in [2.24, 2.45) is 0 Å². The minimum atomic E-state index is -4.14. The van der Waals surface area contributed by atoms with E-state index in [0.717, 1.165) is 27.8 Å². The molecule has 0 bridgehead atoms. The Balaban J connectivity index is 1.80. The van der Waals surface area contributed by atoms with Gasteiger partial charge in [0.05, 0.1) is 12.4 Å². The molecule has 0 saturated heterocycles. The Labute approximate surface area is 182 Å². The van der Waals surface area contributed by atoms with Crippen molar-refractivity contribution >= 4 is 31.7 Å². The molecule has 0 aliphatic heterocycles. The Bertz CT molecular complexity index is 1410. The average molecular weight is 433 g/mol. The van der Waals surface area contributed by atoms with Gasteiger partial charge in [0.1, 0.15) is 5.75 Å². The lowest BCUT2D eigenvalue weighted by Gasteiger charge is -2.32. The molecule has 5 rings (SSSR count). The number of hydrogen-bond acceptors (Lipinski definition) is 3. The highest BCUT2D eigenvalue weighted by Crippen LogP contribution is 2.44. The summed E-state index contributed by atoms with van der Waals surface area (Å²) in [5.41, 5.74) is 4.36. The van der Waals surface area contributed by atoms with Crippen LogP contribution in [0.5, 0.6) is 5.75 Å². The van der Waals surface area contributed by atoms with E-state index in [2.05, 4.69) is 43.3 Å². The van der Waals surface area contributed by atoms with Crippen LogP contribution in [-0.4, -0.2) is 25.3 Å². The molecule has 5 heteroatoms. The summed E-state index contributed by atoms with van der Waals surface area (Å²) >= 11 is 0. The fourth-order valence-electron chi connectivity index (χ4n) is 5.09. The number of methoxy groups -OCH3 is 1. The first-order valence-electron chi connectivity index (χ1n) is 10.4. The van der Waals surface area contributed by atoms with Crippen LogP contribution >= 0.6 is 0 Å². The summed E-state index contributed by atoms with van der Waals surface area (Å²) < 4.78 is 39.4. The monoisotopic (exact) mass is 432 g/mol. The molecule has 0 heterocycles. The molecule has 0 fully saturated rings. The third-order valence-electron chi connectivity index (χ3n) is 6.61. The molecule has 4 aromatic carbocycles. The molecule has 0 saturated carbocycles. The number of rotatable bonds is 3. The van der Waals surface area contributed by atoms with Crippen LogP contribution < -0.4 is 4.74 Å². The highest BCUT2D eigenvalue weighted by atomic mass is 32.2. The van der Waals surface area contributed by atoms with Crippen molar-refractivity contribution in [1.82, 2.24) is 0 Å². The van der Waals surface area contributed by atoms with E-state index in [1.807, 2.05) is 30.3 Å². The molecule has 2 atom stereocenters. The topological polar surface area (TPSA) is 63.6 Å². The minimum Gasteiger partial charge on any atom is -0.497 e. The lowest BCUT2D eigenvalue weighted by molar-refractivity contribution is 0.414. The molecule has 158 valence electrons. The van der Waals surface area contributed by atoms with Crippen LogP contribution in [0.1, 0.15) is 34.6 Å². The largest absolute Gasteiger partial charge is 0.497 e. The number of aryl methyl sites for hydroxylation is 1. The van der Waals surface area contributed by atoms with Crippen LogP contribution in [0.4, 0.5) is 0 Å². The van der Waals surface area contributed by atoms with E-state index in [1.54, 1.807) is 7.11 Å². The van der Waals surface area contributed by atoms with Crippen LogP contribution in [0.25, 0.3) is 21.5 Å². The van der Waals surface area contributed by atoms with Crippen molar-refractivity contribution in [1.29, 1.82) is 0 Å². The molecule has 1 N–H and O–H groups in total. The van der Waals surface area contributed by atoms with Crippen molar-refractivity contribution in [3.8, 4) is 5.75 Å². The van der Waals surface area contributed by atoms with E-state index < -0.39 is 15.4 Å². The van der Waals surface area contributed by atoms with Crippen molar-refractivity contribution in [3.05, 3.63) is 89.0 Å². The SMILES string of the molecule is COc1ccc(C2CC(S(=O)(=O)O)Cc3ccc4c(cc(C)c5ccccc54)c32)cc1. The second kappa shape index (κ2) is 7.36. The Hall–Kier alpha value is -2.89. The highest BCUT2D eigenvalue weighted by molar-refractivity contribution is 7.86. The number of fused-ring (bicyclic) bond motifs is 5. The van der Waals surface area contributed by atoms with Gasteiger partial charge in [-0.3, -0.25) is 4.55 Å². The summed E-state index contributed by atoms with van der Waals surface area (Å²) in [6.07, 6.45) is 0.672. The predicted octanol–water partition coefficient (Wildman–Crippen LogP) is 5.64. The first kappa shape index (κ1) is 20.0. The fraction of sp³-hybridized carbons (Fsp3) is 0.231. The average Bonchev–Trinajstić information content (AvgIpc) is 2.78. The quantitative estimate of drug-likeness (QED) is 0.336. The van der Waals surface area contributed by atoms with E-state index in [0.29, 0.717) is 12.8 Å². The number of hydrogen-bond donors (Lipinski definition) is 1. The van der Waals surface area contributed by atoms with Crippen molar-refractivity contribution in [2.75, 3.05) is 7.11 Å². The van der Waals surface area contributed by atoms with Gasteiger partial charge in [-0.25, -0.2) is 0 Å². The molecule has 1 aliphatic carbocycles. The van der Waals surface area contributed by atoms with E-state index in [9.17, 15) is 13.0 Å². The maximum absolute atomic E-state index is 12.1. The van der Waals surface area contributed by atoms with Crippen molar-refractivity contribution in [3.63, 3.8) is 0 Å². The second-order valence-corrected chi connectivity index (χ2v) is 10.1. The highest BCUT2D eigenvalue weighted by Gasteiger charge is 2.36. The third-order valence-corrected chi connectivity index (χ3v) is 7.82. The lowest BCUT2D eigenvalue weighted by atomic mass is 9.75. The van der Waals surface area contributed by atoms with Gasteiger partial charge >= 0.3 is 0 Å². The normalized spacial score (nSPS) is 18.8. The summed E-state index contributed by atoms with van der Waals surface area (Å²) in [6, 6.07) is 22.5. The predicted molar refractivity (Wildman–Crippen MR) is 125 cm³/mol. The fourth-order valence-corrected chi connectivity index (χ4v) is 5.92. The van der Waals surface area contributed by atoms with Gasteiger partial charge in [0, 0.05) is 5.92 Å². The van der Waals surface area contributed by atoms with E-state index >= 15 is 0 Å². The van der Waals surface area contributed by atoms with Gasteiger partial charge in [0.25, 0.3) is 10.1 Å². The van der Waals surface area contributed by atoms with Crippen LogP contribution in [-0.2, 0) is 16.5 Å². The van der Waals surface area contributed by atoms with Crippen LogP contribution in [0.2, 0.25) is 0 Å². The van der Waals surface area contributed by atoms with E-state index in [4.69, 9.17) is 4.74 Å². The minimum absolute atomic E-state index is 0.133. The smallest absolute Gasteiger partial charge is 0.268 e.